The zero-order valence-corrected chi connectivity index (χ0v) is 11.6. The Morgan fingerprint density at radius 3 is 3.00 bits per heavy atom. The van der Waals surface area contributed by atoms with Crippen molar-refractivity contribution in [1.29, 1.82) is 0 Å². The highest BCUT2D eigenvalue weighted by Gasteiger charge is 2.07. The Labute approximate surface area is 116 Å². The number of aromatic nitrogens is 2. The molecule has 5 heteroatoms. The number of carboxylic acid groups (broad SMARTS) is 1. The maximum atomic E-state index is 11.0. The molecule has 0 aliphatic carbocycles. The van der Waals surface area contributed by atoms with Crippen LogP contribution < -0.4 is 0 Å². The van der Waals surface area contributed by atoms with E-state index in [1.54, 1.807) is 30.4 Å². The van der Waals surface area contributed by atoms with E-state index in [4.69, 9.17) is 5.11 Å². The first kappa shape index (κ1) is 13.7. The first-order chi connectivity index (χ1) is 9.16. The van der Waals surface area contributed by atoms with E-state index in [1.807, 2.05) is 29.8 Å². The maximum Gasteiger partial charge on any atom is 0.335 e. The average Bonchev–Trinajstić information content (AvgIpc) is 2.89. The number of thioether (sulfide) groups is 1. The van der Waals surface area contributed by atoms with Crippen molar-refractivity contribution in [2.75, 3.05) is 5.75 Å². The van der Waals surface area contributed by atoms with Gasteiger partial charge in [-0.05, 0) is 36.8 Å². The minimum atomic E-state index is -0.863. The molecule has 0 radical (unpaired) electrons. The molecule has 0 aliphatic rings. The molecule has 0 fully saturated rings. The highest BCUT2D eigenvalue weighted by Crippen LogP contribution is 2.22. The highest BCUT2D eigenvalue weighted by atomic mass is 32.2. The molecule has 0 bridgehead atoms. The smallest absolute Gasteiger partial charge is 0.335 e. The number of aryl methyl sites for hydroxylation is 2. The lowest BCUT2D eigenvalue weighted by atomic mass is 10.1. The van der Waals surface area contributed by atoms with Crippen LogP contribution in [0.2, 0.25) is 0 Å². The van der Waals surface area contributed by atoms with Gasteiger partial charge in [-0.1, -0.05) is 6.07 Å². The van der Waals surface area contributed by atoms with Gasteiger partial charge in [0.25, 0.3) is 0 Å². The van der Waals surface area contributed by atoms with Gasteiger partial charge in [0.05, 0.1) is 11.9 Å². The summed E-state index contributed by atoms with van der Waals surface area (Å²) in [6.07, 6.45) is 6.54. The van der Waals surface area contributed by atoms with Crippen molar-refractivity contribution in [3.05, 3.63) is 48.0 Å². The summed E-state index contributed by atoms with van der Waals surface area (Å²) in [5, 5.41) is 9.07. The second kappa shape index (κ2) is 6.43. The van der Waals surface area contributed by atoms with Crippen molar-refractivity contribution >= 4 is 17.7 Å². The summed E-state index contributed by atoms with van der Waals surface area (Å²) in [4.78, 5) is 16.0. The molecule has 19 heavy (non-hydrogen) atoms. The Bertz CT molecular complexity index is 553. The fourth-order valence-electron chi connectivity index (χ4n) is 1.78. The van der Waals surface area contributed by atoms with E-state index in [9.17, 15) is 4.79 Å². The van der Waals surface area contributed by atoms with Crippen LogP contribution in [0.15, 0.2) is 41.8 Å². The predicted octanol–water partition coefficient (Wildman–Crippen LogP) is 3.07. The van der Waals surface area contributed by atoms with Crippen LogP contribution in [-0.2, 0) is 6.54 Å². The molecule has 1 aromatic heterocycles. The Hall–Kier alpha value is -1.75. The van der Waals surface area contributed by atoms with Gasteiger partial charge < -0.3 is 9.67 Å². The second-order valence-electron chi connectivity index (χ2n) is 4.28. The van der Waals surface area contributed by atoms with Crippen LogP contribution in [0.4, 0.5) is 0 Å². The van der Waals surface area contributed by atoms with Crippen molar-refractivity contribution in [3.8, 4) is 0 Å². The third-order valence-electron chi connectivity index (χ3n) is 2.83. The summed E-state index contributed by atoms with van der Waals surface area (Å²) in [7, 11) is 0. The van der Waals surface area contributed by atoms with Crippen LogP contribution in [0.3, 0.4) is 0 Å². The third-order valence-corrected chi connectivity index (χ3v) is 3.91. The van der Waals surface area contributed by atoms with Gasteiger partial charge in [-0.2, -0.15) is 0 Å². The van der Waals surface area contributed by atoms with Gasteiger partial charge in [-0.25, -0.2) is 9.78 Å². The largest absolute Gasteiger partial charge is 0.478 e. The lowest BCUT2D eigenvalue weighted by Gasteiger charge is -2.06. The minimum Gasteiger partial charge on any atom is -0.478 e. The van der Waals surface area contributed by atoms with Gasteiger partial charge in [0.2, 0.25) is 0 Å². The van der Waals surface area contributed by atoms with E-state index in [0.717, 1.165) is 29.2 Å². The van der Waals surface area contributed by atoms with Gasteiger partial charge in [0, 0.05) is 23.8 Å². The normalized spacial score (nSPS) is 10.6. The lowest BCUT2D eigenvalue weighted by Crippen LogP contribution is -2.00. The van der Waals surface area contributed by atoms with Gasteiger partial charge in [-0.3, -0.25) is 0 Å². The van der Waals surface area contributed by atoms with Gasteiger partial charge >= 0.3 is 5.97 Å². The van der Waals surface area contributed by atoms with E-state index < -0.39 is 5.97 Å². The Morgan fingerprint density at radius 1 is 1.47 bits per heavy atom. The fraction of sp³-hybridized carbons (Fsp3) is 0.286. The van der Waals surface area contributed by atoms with Gasteiger partial charge in [-0.15, -0.1) is 11.8 Å². The van der Waals surface area contributed by atoms with Crippen LogP contribution in [-0.4, -0.2) is 26.4 Å². The monoisotopic (exact) mass is 276 g/mol. The molecule has 2 rings (SSSR count). The second-order valence-corrected chi connectivity index (χ2v) is 5.45. The molecule has 0 atom stereocenters. The van der Waals surface area contributed by atoms with Crippen LogP contribution in [0, 0.1) is 6.92 Å². The Balaban J connectivity index is 1.86. The van der Waals surface area contributed by atoms with E-state index in [2.05, 4.69) is 4.98 Å². The molecule has 0 saturated carbocycles. The number of hydrogen-bond acceptors (Lipinski definition) is 3. The molecule has 1 N–H and O–H groups in total. The van der Waals surface area contributed by atoms with Gasteiger partial charge in [0.15, 0.2) is 0 Å². The number of hydrogen-bond donors (Lipinski definition) is 1. The molecular formula is C14H16N2O2S. The summed E-state index contributed by atoms with van der Waals surface area (Å²) in [6, 6.07) is 5.59. The Kier molecular flexibility index (Phi) is 4.63. The molecule has 4 nitrogen and oxygen atoms in total. The SMILES string of the molecule is Cc1ccc(SCCCn2ccnc2)cc1C(=O)O. The first-order valence-corrected chi connectivity index (χ1v) is 7.08. The maximum absolute atomic E-state index is 11.0. The number of imidazole rings is 1. The van der Waals surface area contributed by atoms with Crippen LogP contribution >= 0.6 is 11.8 Å². The lowest BCUT2D eigenvalue weighted by molar-refractivity contribution is 0.0696. The number of carboxylic acids is 1. The zero-order valence-electron chi connectivity index (χ0n) is 10.7. The molecule has 0 amide bonds. The van der Waals surface area contributed by atoms with E-state index >= 15 is 0 Å². The van der Waals surface area contributed by atoms with Crippen molar-refractivity contribution in [2.24, 2.45) is 0 Å². The number of benzene rings is 1. The van der Waals surface area contributed by atoms with E-state index in [-0.39, 0.29) is 0 Å². The molecule has 1 aromatic carbocycles. The molecule has 1 heterocycles. The third kappa shape index (κ3) is 3.86. The molecule has 0 spiro atoms. The summed E-state index contributed by atoms with van der Waals surface area (Å²) >= 11 is 1.69. The minimum absolute atomic E-state index is 0.389. The van der Waals surface area contributed by atoms with Gasteiger partial charge in [0.1, 0.15) is 0 Å². The molecule has 0 saturated heterocycles. The number of nitrogens with zero attached hydrogens (tertiary/aromatic N) is 2. The summed E-state index contributed by atoms with van der Waals surface area (Å²) < 4.78 is 2.04. The van der Waals surface area contributed by atoms with Crippen molar-refractivity contribution in [2.45, 2.75) is 24.8 Å². The summed E-state index contributed by atoms with van der Waals surface area (Å²) in [6.45, 7) is 2.75. The molecule has 0 aliphatic heterocycles. The standard InChI is InChI=1S/C14H16N2O2S/c1-11-3-4-12(9-13(11)14(17)18)19-8-2-6-16-7-5-15-10-16/h3-5,7,9-10H,2,6,8H2,1H3,(H,17,18). The van der Waals surface area contributed by atoms with Crippen LogP contribution in [0.5, 0.6) is 0 Å². The fourth-order valence-corrected chi connectivity index (χ4v) is 2.65. The number of rotatable bonds is 6. The molecular weight excluding hydrogens is 260 g/mol. The van der Waals surface area contributed by atoms with Crippen molar-refractivity contribution in [3.63, 3.8) is 0 Å². The number of aromatic carboxylic acids is 1. The quantitative estimate of drug-likeness (QED) is 0.650. The van der Waals surface area contributed by atoms with E-state index in [1.165, 1.54) is 0 Å². The van der Waals surface area contributed by atoms with Crippen molar-refractivity contribution in [1.82, 2.24) is 9.55 Å². The molecule has 0 unspecified atom stereocenters. The highest BCUT2D eigenvalue weighted by molar-refractivity contribution is 7.99. The summed E-state index contributed by atoms with van der Waals surface area (Å²) in [5.74, 6) is 0.0960. The van der Waals surface area contributed by atoms with Crippen molar-refractivity contribution < 1.29 is 9.90 Å². The van der Waals surface area contributed by atoms with Crippen LogP contribution in [0.1, 0.15) is 22.3 Å². The zero-order chi connectivity index (χ0) is 13.7. The first-order valence-electron chi connectivity index (χ1n) is 6.09. The average molecular weight is 276 g/mol. The number of carbonyl (C=O) groups is 1. The Morgan fingerprint density at radius 2 is 2.32 bits per heavy atom. The summed E-state index contributed by atoms with van der Waals surface area (Å²) in [5.41, 5.74) is 1.19. The molecule has 100 valence electrons. The molecule has 2 aromatic rings. The van der Waals surface area contributed by atoms with E-state index in [0.29, 0.717) is 5.56 Å². The topological polar surface area (TPSA) is 55.1 Å². The predicted molar refractivity (Wildman–Crippen MR) is 75.7 cm³/mol. The van der Waals surface area contributed by atoms with Crippen LogP contribution in [0.25, 0.3) is 0 Å².